The van der Waals surface area contributed by atoms with E-state index in [1.165, 1.54) is 12.1 Å². The Hall–Kier alpha value is -3.09. The number of aromatic nitrogens is 1. The average molecular weight is 375 g/mol. The number of halogens is 3. The van der Waals surface area contributed by atoms with E-state index in [-0.39, 0.29) is 18.6 Å². The summed E-state index contributed by atoms with van der Waals surface area (Å²) >= 11 is 0. The van der Waals surface area contributed by atoms with Crippen LogP contribution < -0.4 is 5.56 Å². The molecule has 0 spiro atoms. The van der Waals surface area contributed by atoms with Crippen LogP contribution in [-0.4, -0.2) is 17.6 Å². The topological polar surface area (TPSA) is 59.2 Å². The molecule has 1 heterocycles. The fraction of sp³-hybridized carbons (Fsp3) is 0.200. The van der Waals surface area contributed by atoms with E-state index in [2.05, 4.69) is 4.98 Å². The highest BCUT2D eigenvalue weighted by molar-refractivity contribution is 5.97. The number of nitrogens with one attached hydrogen (secondary N) is 1. The standard InChI is InChI=1S/C20H16F3NO3/c1-2-27-19(26)17-15(14-5-3-4-6-16(14)24-18(17)25)11-12-7-9-13(10-8-12)20(21,22)23/h3-10H,2,11H2,1H3,(H,24,25). The van der Waals surface area contributed by atoms with Gasteiger partial charge in [0.15, 0.2) is 0 Å². The Bertz CT molecular complexity index is 1040. The minimum absolute atomic E-state index is 0.102. The molecule has 3 rings (SSSR count). The molecule has 0 atom stereocenters. The van der Waals surface area contributed by atoms with Crippen LogP contribution in [-0.2, 0) is 17.3 Å². The van der Waals surface area contributed by atoms with Crippen molar-refractivity contribution in [3.05, 3.63) is 81.1 Å². The number of esters is 1. The molecule has 140 valence electrons. The molecule has 0 fully saturated rings. The molecule has 7 heteroatoms. The van der Waals surface area contributed by atoms with E-state index in [0.717, 1.165) is 12.1 Å². The van der Waals surface area contributed by atoms with Gasteiger partial charge in [-0.1, -0.05) is 30.3 Å². The highest BCUT2D eigenvalue weighted by Crippen LogP contribution is 2.30. The molecule has 0 bridgehead atoms. The molecule has 1 N–H and O–H groups in total. The SMILES string of the molecule is CCOC(=O)c1c(Cc2ccc(C(F)(F)F)cc2)c2ccccc2[nH]c1=O. The number of hydrogen-bond acceptors (Lipinski definition) is 3. The number of pyridine rings is 1. The maximum absolute atomic E-state index is 12.8. The molecular formula is C20H16F3NO3. The smallest absolute Gasteiger partial charge is 0.416 e. The fourth-order valence-corrected chi connectivity index (χ4v) is 2.93. The molecule has 1 aromatic heterocycles. The summed E-state index contributed by atoms with van der Waals surface area (Å²) in [5.41, 5.74) is 0.0338. The van der Waals surface area contributed by atoms with E-state index in [4.69, 9.17) is 4.74 Å². The first-order chi connectivity index (χ1) is 12.8. The average Bonchev–Trinajstić information content (AvgIpc) is 2.61. The number of carbonyl (C=O) groups is 1. The zero-order chi connectivity index (χ0) is 19.6. The van der Waals surface area contributed by atoms with Crippen LogP contribution in [0.2, 0.25) is 0 Å². The predicted molar refractivity (Wildman–Crippen MR) is 94.8 cm³/mol. The largest absolute Gasteiger partial charge is 0.462 e. The minimum atomic E-state index is -4.43. The molecule has 0 unspecified atom stereocenters. The van der Waals surface area contributed by atoms with E-state index < -0.39 is 23.3 Å². The van der Waals surface area contributed by atoms with Crippen molar-refractivity contribution in [2.45, 2.75) is 19.5 Å². The Morgan fingerprint density at radius 2 is 1.74 bits per heavy atom. The first-order valence-electron chi connectivity index (χ1n) is 8.28. The molecule has 0 aliphatic heterocycles. The number of carbonyl (C=O) groups excluding carboxylic acids is 1. The highest BCUT2D eigenvalue weighted by atomic mass is 19.4. The lowest BCUT2D eigenvalue weighted by molar-refractivity contribution is -0.137. The monoisotopic (exact) mass is 375 g/mol. The van der Waals surface area contributed by atoms with Crippen molar-refractivity contribution in [3.63, 3.8) is 0 Å². The summed E-state index contributed by atoms with van der Waals surface area (Å²) in [4.78, 5) is 27.4. The van der Waals surface area contributed by atoms with Crippen LogP contribution in [0, 0.1) is 0 Å². The number of ether oxygens (including phenoxy) is 1. The van der Waals surface area contributed by atoms with Crippen molar-refractivity contribution >= 4 is 16.9 Å². The molecule has 0 saturated carbocycles. The summed E-state index contributed by atoms with van der Waals surface area (Å²) in [5, 5.41) is 0.639. The summed E-state index contributed by atoms with van der Waals surface area (Å²) in [6.45, 7) is 1.73. The number of alkyl halides is 3. The maximum atomic E-state index is 12.8. The Kier molecular flexibility index (Phi) is 5.03. The summed E-state index contributed by atoms with van der Waals surface area (Å²) in [5.74, 6) is -0.758. The summed E-state index contributed by atoms with van der Waals surface area (Å²) in [7, 11) is 0. The Balaban J connectivity index is 2.12. The maximum Gasteiger partial charge on any atom is 0.416 e. The third-order valence-corrected chi connectivity index (χ3v) is 4.17. The van der Waals surface area contributed by atoms with Crippen LogP contribution in [0.1, 0.15) is 34.0 Å². The van der Waals surface area contributed by atoms with Gasteiger partial charge >= 0.3 is 12.1 Å². The van der Waals surface area contributed by atoms with E-state index in [1.807, 2.05) is 0 Å². The van der Waals surface area contributed by atoms with Gasteiger partial charge in [-0.3, -0.25) is 4.79 Å². The van der Waals surface area contributed by atoms with Gasteiger partial charge in [-0.15, -0.1) is 0 Å². The van der Waals surface area contributed by atoms with E-state index in [9.17, 15) is 22.8 Å². The van der Waals surface area contributed by atoms with Crippen LogP contribution in [0.25, 0.3) is 10.9 Å². The number of rotatable bonds is 4. The quantitative estimate of drug-likeness (QED) is 0.691. The van der Waals surface area contributed by atoms with Gasteiger partial charge < -0.3 is 9.72 Å². The molecule has 2 aromatic carbocycles. The second-order valence-corrected chi connectivity index (χ2v) is 5.95. The third kappa shape index (κ3) is 3.86. The van der Waals surface area contributed by atoms with Gasteiger partial charge in [-0.25, -0.2) is 4.79 Å². The molecular weight excluding hydrogens is 359 g/mol. The lowest BCUT2D eigenvalue weighted by Gasteiger charge is -2.13. The van der Waals surface area contributed by atoms with Gasteiger partial charge in [0.05, 0.1) is 12.2 Å². The fourth-order valence-electron chi connectivity index (χ4n) is 2.93. The van der Waals surface area contributed by atoms with Crippen LogP contribution in [0.5, 0.6) is 0 Å². The first-order valence-corrected chi connectivity index (χ1v) is 8.28. The highest BCUT2D eigenvalue weighted by Gasteiger charge is 2.30. The molecule has 27 heavy (non-hydrogen) atoms. The van der Waals surface area contributed by atoms with Gasteiger partial charge in [-0.2, -0.15) is 13.2 Å². The van der Waals surface area contributed by atoms with Crippen molar-refractivity contribution < 1.29 is 22.7 Å². The Morgan fingerprint density at radius 3 is 2.37 bits per heavy atom. The lowest BCUT2D eigenvalue weighted by atomic mass is 9.96. The minimum Gasteiger partial charge on any atom is -0.462 e. The van der Waals surface area contributed by atoms with Gasteiger partial charge in [0.2, 0.25) is 0 Å². The Labute approximate surface area is 152 Å². The van der Waals surface area contributed by atoms with E-state index in [1.54, 1.807) is 31.2 Å². The van der Waals surface area contributed by atoms with Crippen LogP contribution >= 0.6 is 0 Å². The summed E-state index contributed by atoms with van der Waals surface area (Å²) < 4.78 is 43.3. The number of benzene rings is 2. The lowest BCUT2D eigenvalue weighted by Crippen LogP contribution is -2.23. The number of H-pyrrole nitrogens is 1. The van der Waals surface area contributed by atoms with Crippen LogP contribution in [0.3, 0.4) is 0 Å². The molecule has 0 radical (unpaired) electrons. The molecule has 0 amide bonds. The van der Waals surface area contributed by atoms with Crippen molar-refractivity contribution in [3.8, 4) is 0 Å². The number of fused-ring (bicyclic) bond motifs is 1. The van der Waals surface area contributed by atoms with Gasteiger partial charge in [0.1, 0.15) is 5.56 Å². The molecule has 4 nitrogen and oxygen atoms in total. The first kappa shape index (κ1) is 18.7. The van der Waals surface area contributed by atoms with Crippen LogP contribution in [0.15, 0.2) is 53.3 Å². The molecule has 0 aliphatic carbocycles. The van der Waals surface area contributed by atoms with Crippen LogP contribution in [0.4, 0.5) is 13.2 Å². The number of hydrogen-bond donors (Lipinski definition) is 1. The van der Waals surface area contributed by atoms with Crippen molar-refractivity contribution in [2.24, 2.45) is 0 Å². The van der Waals surface area contributed by atoms with Crippen molar-refractivity contribution in [1.29, 1.82) is 0 Å². The summed E-state index contributed by atoms with van der Waals surface area (Å²) in [6.07, 6.45) is -4.30. The van der Waals surface area contributed by atoms with Gasteiger partial charge in [0, 0.05) is 10.9 Å². The Morgan fingerprint density at radius 1 is 1.07 bits per heavy atom. The second kappa shape index (κ2) is 7.26. The predicted octanol–water partition coefficient (Wildman–Crippen LogP) is 4.31. The van der Waals surface area contributed by atoms with Gasteiger partial charge in [0.25, 0.3) is 5.56 Å². The third-order valence-electron chi connectivity index (χ3n) is 4.17. The zero-order valence-corrected chi connectivity index (χ0v) is 14.4. The second-order valence-electron chi connectivity index (χ2n) is 5.95. The van der Waals surface area contributed by atoms with Gasteiger partial charge in [-0.05, 0) is 42.7 Å². The summed E-state index contributed by atoms with van der Waals surface area (Å²) in [6, 6.07) is 11.6. The number of aromatic amines is 1. The number of para-hydroxylation sites is 1. The van der Waals surface area contributed by atoms with Crippen molar-refractivity contribution in [1.82, 2.24) is 4.98 Å². The molecule has 0 saturated heterocycles. The van der Waals surface area contributed by atoms with Crippen molar-refractivity contribution in [2.75, 3.05) is 6.61 Å². The van der Waals surface area contributed by atoms with E-state index >= 15 is 0 Å². The molecule has 0 aliphatic rings. The molecule has 3 aromatic rings. The zero-order valence-electron chi connectivity index (χ0n) is 14.4. The van der Waals surface area contributed by atoms with E-state index in [0.29, 0.717) is 22.0 Å². The normalized spacial score (nSPS) is 11.6.